The zero-order valence-corrected chi connectivity index (χ0v) is 12.5. The molecule has 0 aliphatic rings. The fourth-order valence-corrected chi connectivity index (χ4v) is 1.57. The minimum absolute atomic E-state index is 0.0771. The highest BCUT2D eigenvalue weighted by atomic mass is 31.1. The summed E-state index contributed by atoms with van der Waals surface area (Å²) in [6.45, 7) is 12.2. The Bertz CT molecular complexity index is 310. The van der Waals surface area contributed by atoms with Gasteiger partial charge in [-0.15, -0.1) is 4.52 Å². The summed E-state index contributed by atoms with van der Waals surface area (Å²) < 4.78 is 21.1. The maximum absolute atomic E-state index is 11.4. The van der Waals surface area contributed by atoms with Gasteiger partial charge >= 0.3 is 14.1 Å². The molecule has 0 aromatic heterocycles. The fourth-order valence-electron chi connectivity index (χ4n) is 0.946. The third-order valence-electron chi connectivity index (χ3n) is 1.99. The largest absolute Gasteiger partial charge is 0.613 e. The molecule has 0 saturated carbocycles. The van der Waals surface area contributed by atoms with Crippen molar-refractivity contribution in [2.45, 2.75) is 34.1 Å². The van der Waals surface area contributed by atoms with Crippen molar-refractivity contribution in [2.24, 2.45) is 5.41 Å². The molecule has 0 aliphatic carbocycles. The highest BCUT2D eigenvalue weighted by molar-refractivity contribution is 7.36. The summed E-state index contributed by atoms with van der Waals surface area (Å²) in [4.78, 5) is 11.0. The number of carbonyl (C=O) groups excluding carboxylic acids is 1. The van der Waals surface area contributed by atoms with Gasteiger partial charge in [-0.25, -0.2) is 4.79 Å². The van der Waals surface area contributed by atoms with E-state index in [-0.39, 0.29) is 18.6 Å². The monoisotopic (exact) mass is 276 g/mol. The summed E-state index contributed by atoms with van der Waals surface area (Å²) in [6.07, 6.45) is 0.905. The van der Waals surface area contributed by atoms with Crippen LogP contribution in [0.25, 0.3) is 0 Å². The first-order valence-electron chi connectivity index (χ1n) is 5.89. The van der Waals surface area contributed by atoms with Gasteiger partial charge in [-0.05, 0) is 23.3 Å². The van der Waals surface area contributed by atoms with E-state index in [0.29, 0.717) is 12.1 Å². The van der Waals surface area contributed by atoms with Crippen LogP contribution in [0, 0.1) is 5.41 Å². The number of ether oxygens (including phenoxy) is 1. The van der Waals surface area contributed by atoms with Gasteiger partial charge in [0.05, 0.1) is 0 Å². The molecule has 6 heteroatoms. The number of hydrogen-bond donors (Lipinski definition) is 1. The van der Waals surface area contributed by atoms with Gasteiger partial charge in [0.1, 0.15) is 13.2 Å². The number of esters is 1. The fraction of sp³-hybridized carbons (Fsp3) is 0.750. The Kier molecular flexibility index (Phi) is 8.00. The lowest BCUT2D eigenvalue weighted by Crippen LogP contribution is -2.16. The lowest BCUT2D eigenvalue weighted by atomic mass is 9.93. The maximum atomic E-state index is 11.4. The molecule has 0 aromatic rings. The van der Waals surface area contributed by atoms with Crippen LogP contribution in [0.15, 0.2) is 12.2 Å². The zero-order chi connectivity index (χ0) is 14.2. The lowest BCUT2D eigenvalue weighted by Gasteiger charge is -2.15. The Labute approximate surface area is 110 Å². The molecule has 0 bridgehead atoms. The summed E-state index contributed by atoms with van der Waals surface area (Å²) >= 11 is 0. The Morgan fingerprint density at radius 2 is 1.94 bits per heavy atom. The molecule has 1 N–H and O–H groups in total. The molecule has 0 amide bonds. The first kappa shape index (κ1) is 17.2. The maximum Gasteiger partial charge on any atom is 0.613 e. The van der Waals surface area contributed by atoms with E-state index < -0.39 is 14.1 Å². The van der Waals surface area contributed by atoms with Crippen LogP contribution in [0.1, 0.15) is 34.1 Å². The van der Waals surface area contributed by atoms with Crippen molar-refractivity contribution in [3.8, 4) is 0 Å². The second kappa shape index (κ2) is 8.35. The van der Waals surface area contributed by atoms with Crippen LogP contribution in [0.3, 0.4) is 0 Å². The van der Waals surface area contributed by atoms with Crippen molar-refractivity contribution >= 4 is 14.1 Å². The molecule has 0 saturated heterocycles. The quantitative estimate of drug-likeness (QED) is 0.319. The molecule has 0 radical (unpaired) electrons. The highest BCUT2D eigenvalue weighted by Gasteiger charge is 2.19. The van der Waals surface area contributed by atoms with Gasteiger partial charge < -0.3 is 4.74 Å². The van der Waals surface area contributed by atoms with Crippen LogP contribution in [0.2, 0.25) is 0 Å². The number of rotatable bonds is 8. The zero-order valence-electron chi connectivity index (χ0n) is 11.6. The normalized spacial score (nSPS) is 12.1. The van der Waals surface area contributed by atoms with E-state index in [1.165, 1.54) is 0 Å². The third-order valence-corrected chi connectivity index (χ3v) is 2.89. The van der Waals surface area contributed by atoms with Gasteiger partial charge in [0.15, 0.2) is 0 Å². The molecule has 0 spiro atoms. The van der Waals surface area contributed by atoms with Crippen LogP contribution in [0.4, 0.5) is 0 Å². The third kappa shape index (κ3) is 10.4. The van der Waals surface area contributed by atoms with Crippen molar-refractivity contribution in [3.63, 3.8) is 0 Å². The van der Waals surface area contributed by atoms with Crippen molar-refractivity contribution in [2.75, 3.05) is 19.8 Å². The van der Waals surface area contributed by atoms with E-state index >= 15 is 0 Å². The summed E-state index contributed by atoms with van der Waals surface area (Å²) in [6, 6.07) is 0. The van der Waals surface area contributed by atoms with Crippen molar-refractivity contribution in [1.29, 1.82) is 0 Å². The predicted octanol–water partition coefficient (Wildman–Crippen LogP) is 2.81. The molecule has 0 aromatic carbocycles. The van der Waals surface area contributed by atoms with E-state index in [2.05, 4.69) is 32.4 Å². The first-order chi connectivity index (χ1) is 8.22. The molecule has 1 unspecified atom stereocenters. The van der Waals surface area contributed by atoms with Gasteiger partial charge in [0, 0.05) is 12.1 Å². The molecule has 0 aliphatic heterocycles. The van der Waals surface area contributed by atoms with Crippen LogP contribution in [0.5, 0.6) is 0 Å². The summed E-state index contributed by atoms with van der Waals surface area (Å²) in [5.41, 5.74) is 0.530. The molecular weight excluding hydrogens is 253 g/mol. The number of hydrogen-bond acceptors (Lipinski definition) is 4. The van der Waals surface area contributed by atoms with Crippen molar-refractivity contribution in [3.05, 3.63) is 12.2 Å². The Hall–Kier alpha value is -0.770. The number of carbonyl (C=O) groups is 1. The van der Waals surface area contributed by atoms with E-state index in [0.717, 1.165) is 6.42 Å². The molecule has 5 nitrogen and oxygen atoms in total. The molecule has 0 heterocycles. The minimum Gasteiger partial charge on any atom is -0.460 e. The molecular formula is C12H23NO4P+. The second-order valence-electron chi connectivity index (χ2n) is 5.23. The molecule has 18 heavy (non-hydrogen) atoms. The van der Waals surface area contributed by atoms with Gasteiger partial charge in [0.25, 0.3) is 0 Å². The Morgan fingerprint density at radius 3 is 2.44 bits per heavy atom. The summed E-state index contributed by atoms with van der Waals surface area (Å²) in [5, 5.41) is 2.78. The smallest absolute Gasteiger partial charge is 0.460 e. The van der Waals surface area contributed by atoms with Gasteiger partial charge in [-0.1, -0.05) is 32.4 Å². The first-order valence-corrected chi connectivity index (χ1v) is 7.06. The van der Waals surface area contributed by atoms with E-state index in [9.17, 15) is 9.36 Å². The molecule has 0 rings (SSSR count). The highest BCUT2D eigenvalue weighted by Crippen LogP contribution is 2.20. The Morgan fingerprint density at radius 1 is 1.33 bits per heavy atom. The average molecular weight is 276 g/mol. The van der Waals surface area contributed by atoms with Crippen LogP contribution in [-0.4, -0.2) is 25.7 Å². The molecule has 0 fully saturated rings. The minimum atomic E-state index is -1.89. The number of nitrogens with one attached hydrogen (secondary N) is 1. The van der Waals surface area contributed by atoms with Crippen LogP contribution in [-0.2, 0) is 18.6 Å². The molecule has 104 valence electrons. The van der Waals surface area contributed by atoms with Crippen molar-refractivity contribution < 1.29 is 18.6 Å². The van der Waals surface area contributed by atoms with E-state index in [4.69, 9.17) is 9.26 Å². The van der Waals surface area contributed by atoms with Crippen LogP contribution >= 0.6 is 8.18 Å². The van der Waals surface area contributed by atoms with E-state index in [1.807, 2.05) is 0 Å². The standard InChI is InChI=1S/C12H23NO4P/c1-10(2)11(14)16-8-9-17-18(15)13-7-6-12(3,4)5/h1,6-9H2,2-5H3,(H,13,15)/q+1. The molecule has 1 atom stereocenters. The van der Waals surface area contributed by atoms with Crippen molar-refractivity contribution in [1.82, 2.24) is 5.09 Å². The Balaban J connectivity index is 3.54. The topological polar surface area (TPSA) is 64.6 Å². The SMILES string of the molecule is C=C(C)C(=O)OCCO[P+](=O)NCCC(C)(C)C. The summed E-state index contributed by atoms with van der Waals surface area (Å²) in [7, 11) is -1.89. The van der Waals surface area contributed by atoms with Gasteiger partial charge in [-0.3, -0.25) is 0 Å². The second-order valence-corrected chi connectivity index (χ2v) is 6.31. The predicted molar refractivity (Wildman–Crippen MR) is 71.4 cm³/mol. The average Bonchev–Trinajstić information content (AvgIpc) is 2.22. The van der Waals surface area contributed by atoms with Gasteiger partial charge in [-0.2, -0.15) is 0 Å². The van der Waals surface area contributed by atoms with E-state index in [1.54, 1.807) is 6.92 Å². The van der Waals surface area contributed by atoms with Gasteiger partial charge in [0.2, 0.25) is 0 Å². The summed E-state index contributed by atoms with van der Waals surface area (Å²) in [5.74, 6) is -0.463. The lowest BCUT2D eigenvalue weighted by molar-refractivity contribution is -0.139. The van der Waals surface area contributed by atoms with Crippen LogP contribution < -0.4 is 5.09 Å².